The standard InChI is InChI=1S/C32H33ClFN5O5/c33-37-21-29(40)38-27(15-16-30(41)42)31(43)36(18-17-26(23-7-3-1-4-8-23)24-9-5-2-6-10-24)20-28(38)39(37)32(44)35-19-22-11-13-25(34)14-12-22/h1-14,26-28H,15-21H2,(H,35,44)(H,41,42)/t27-,28-/m0/s1. The van der Waals surface area contributed by atoms with Crippen LogP contribution in [0.3, 0.4) is 0 Å². The number of nitrogens with one attached hydrogen (secondary N) is 1. The second kappa shape index (κ2) is 13.9. The van der Waals surface area contributed by atoms with Crippen LogP contribution in [0.4, 0.5) is 9.18 Å². The summed E-state index contributed by atoms with van der Waals surface area (Å²) < 4.78 is 14.3. The number of hydrazine groups is 1. The molecule has 2 heterocycles. The van der Waals surface area contributed by atoms with Crippen LogP contribution < -0.4 is 5.32 Å². The second-order valence-corrected chi connectivity index (χ2v) is 11.2. The van der Waals surface area contributed by atoms with Crippen molar-refractivity contribution in [2.24, 2.45) is 0 Å². The molecule has 5 rings (SSSR count). The Morgan fingerprint density at radius 2 is 1.57 bits per heavy atom. The molecule has 3 aromatic carbocycles. The zero-order valence-electron chi connectivity index (χ0n) is 23.9. The average molecular weight is 622 g/mol. The van der Waals surface area contributed by atoms with E-state index in [0.717, 1.165) is 15.7 Å². The lowest BCUT2D eigenvalue weighted by molar-refractivity contribution is -0.180. The van der Waals surface area contributed by atoms with Gasteiger partial charge in [-0.15, -0.1) is 4.53 Å². The van der Waals surface area contributed by atoms with E-state index in [1.807, 2.05) is 60.7 Å². The highest BCUT2D eigenvalue weighted by molar-refractivity contribution is 6.15. The van der Waals surface area contributed by atoms with Crippen LogP contribution in [-0.2, 0) is 20.9 Å². The van der Waals surface area contributed by atoms with Gasteiger partial charge < -0.3 is 20.2 Å². The van der Waals surface area contributed by atoms with E-state index in [9.17, 15) is 28.7 Å². The first-order chi connectivity index (χ1) is 21.2. The molecule has 0 aliphatic carbocycles. The lowest BCUT2D eigenvalue weighted by Crippen LogP contribution is -2.75. The van der Waals surface area contributed by atoms with Crippen molar-refractivity contribution < 1.29 is 28.7 Å². The quantitative estimate of drug-likeness (QED) is 0.329. The molecule has 3 aromatic rings. The first kappa shape index (κ1) is 31.0. The van der Waals surface area contributed by atoms with Crippen molar-refractivity contribution in [3.05, 3.63) is 107 Å². The fourth-order valence-corrected chi connectivity index (χ4v) is 6.13. The number of amides is 4. The smallest absolute Gasteiger partial charge is 0.335 e. The molecule has 0 unspecified atom stereocenters. The maximum absolute atomic E-state index is 13.9. The normalized spacial score (nSPS) is 18.8. The number of rotatable bonds is 10. The maximum Gasteiger partial charge on any atom is 0.335 e. The Morgan fingerprint density at radius 3 is 2.16 bits per heavy atom. The predicted molar refractivity (Wildman–Crippen MR) is 160 cm³/mol. The molecule has 12 heteroatoms. The van der Waals surface area contributed by atoms with E-state index in [0.29, 0.717) is 18.5 Å². The Kier molecular flexibility index (Phi) is 9.76. The molecule has 0 saturated carbocycles. The number of carbonyl (C=O) groups excluding carboxylic acids is 3. The van der Waals surface area contributed by atoms with Gasteiger partial charge in [0.15, 0.2) is 0 Å². The van der Waals surface area contributed by atoms with Gasteiger partial charge in [-0.1, -0.05) is 72.8 Å². The van der Waals surface area contributed by atoms with Gasteiger partial charge in [0.2, 0.25) is 11.8 Å². The summed E-state index contributed by atoms with van der Waals surface area (Å²) >= 11 is 6.45. The molecule has 230 valence electrons. The minimum Gasteiger partial charge on any atom is -0.481 e. The van der Waals surface area contributed by atoms with Crippen LogP contribution in [0.1, 0.15) is 41.9 Å². The average Bonchev–Trinajstić information content (AvgIpc) is 3.01. The third kappa shape index (κ3) is 7.00. The van der Waals surface area contributed by atoms with Crippen molar-refractivity contribution in [2.75, 3.05) is 19.6 Å². The molecule has 2 N–H and O–H groups in total. The summed E-state index contributed by atoms with van der Waals surface area (Å²) in [6.07, 6.45) is -0.863. The van der Waals surface area contributed by atoms with Gasteiger partial charge in [0.25, 0.3) is 0 Å². The third-order valence-electron chi connectivity index (χ3n) is 8.00. The van der Waals surface area contributed by atoms with E-state index >= 15 is 0 Å². The molecule has 2 aliphatic heterocycles. The first-order valence-corrected chi connectivity index (χ1v) is 14.7. The van der Waals surface area contributed by atoms with Crippen molar-refractivity contribution in [3.63, 3.8) is 0 Å². The van der Waals surface area contributed by atoms with Crippen LogP contribution in [0.15, 0.2) is 84.9 Å². The summed E-state index contributed by atoms with van der Waals surface area (Å²) in [6.45, 7) is -0.0365. The molecule has 2 atom stereocenters. The van der Waals surface area contributed by atoms with Gasteiger partial charge in [0.05, 0.1) is 6.54 Å². The van der Waals surface area contributed by atoms with Crippen molar-refractivity contribution in [2.45, 2.75) is 43.9 Å². The predicted octanol–water partition coefficient (Wildman–Crippen LogP) is 4.17. The van der Waals surface area contributed by atoms with E-state index in [1.54, 1.807) is 17.0 Å². The largest absolute Gasteiger partial charge is 0.481 e. The number of benzene rings is 3. The molecule has 0 spiro atoms. The summed E-state index contributed by atoms with van der Waals surface area (Å²) in [5.74, 6) is -2.39. The third-order valence-corrected chi connectivity index (χ3v) is 8.28. The Balaban J connectivity index is 1.40. The number of nitrogens with zero attached hydrogens (tertiary/aromatic N) is 4. The fraction of sp³-hybridized carbons (Fsp3) is 0.312. The fourth-order valence-electron chi connectivity index (χ4n) is 5.86. The van der Waals surface area contributed by atoms with E-state index in [1.165, 1.54) is 22.0 Å². The summed E-state index contributed by atoms with van der Waals surface area (Å²) in [5.41, 5.74) is 2.81. The van der Waals surface area contributed by atoms with Crippen LogP contribution in [0, 0.1) is 5.82 Å². The summed E-state index contributed by atoms with van der Waals surface area (Å²) in [5, 5.41) is 13.3. The molecular weight excluding hydrogens is 589 g/mol. The number of carboxylic acids is 1. The van der Waals surface area contributed by atoms with E-state index in [2.05, 4.69) is 5.32 Å². The topological polar surface area (TPSA) is 114 Å². The van der Waals surface area contributed by atoms with Gasteiger partial charge in [0.1, 0.15) is 24.6 Å². The Labute approximate surface area is 259 Å². The zero-order valence-corrected chi connectivity index (χ0v) is 24.6. The van der Waals surface area contributed by atoms with Crippen LogP contribution >= 0.6 is 11.8 Å². The number of carboxylic acid groups (broad SMARTS) is 1. The Hall–Kier alpha value is -4.48. The highest BCUT2D eigenvalue weighted by Crippen LogP contribution is 2.32. The van der Waals surface area contributed by atoms with Gasteiger partial charge in [-0.2, -0.15) is 0 Å². The number of halogens is 2. The van der Waals surface area contributed by atoms with Gasteiger partial charge >= 0.3 is 12.0 Å². The van der Waals surface area contributed by atoms with E-state index in [-0.39, 0.29) is 44.3 Å². The van der Waals surface area contributed by atoms with Gasteiger partial charge in [0, 0.05) is 37.2 Å². The molecule has 44 heavy (non-hydrogen) atoms. The molecule has 0 bridgehead atoms. The zero-order chi connectivity index (χ0) is 31.2. The highest BCUT2D eigenvalue weighted by Gasteiger charge is 2.51. The van der Waals surface area contributed by atoms with Crippen LogP contribution in [0.2, 0.25) is 0 Å². The Morgan fingerprint density at radius 1 is 0.955 bits per heavy atom. The Bertz CT molecular complexity index is 1440. The molecular formula is C32H33ClFN5O5. The molecule has 2 saturated heterocycles. The maximum atomic E-state index is 13.9. The molecule has 2 fully saturated rings. The van der Waals surface area contributed by atoms with Crippen LogP contribution in [0.5, 0.6) is 0 Å². The van der Waals surface area contributed by atoms with Gasteiger partial charge in [-0.05, 0) is 41.7 Å². The van der Waals surface area contributed by atoms with Crippen LogP contribution in [0.25, 0.3) is 0 Å². The minimum absolute atomic E-state index is 0.0162. The first-order valence-electron chi connectivity index (χ1n) is 14.4. The number of aliphatic carboxylic acids is 1. The number of piperazine rings is 1. The molecule has 0 aromatic heterocycles. The van der Waals surface area contributed by atoms with Gasteiger partial charge in [-0.3, -0.25) is 14.4 Å². The monoisotopic (exact) mass is 621 g/mol. The molecule has 2 aliphatic rings. The SMILES string of the molecule is O=C(O)CC[C@H]1C(=O)N(CCC(c2ccccc2)c2ccccc2)C[C@H]2N1C(=O)CN(Cl)N2C(=O)NCc1ccc(F)cc1. The lowest BCUT2D eigenvalue weighted by atomic mass is 9.88. The molecule has 4 amide bonds. The number of hydrogen-bond donors (Lipinski definition) is 2. The van der Waals surface area contributed by atoms with E-state index < -0.39 is 35.9 Å². The van der Waals surface area contributed by atoms with Crippen molar-refractivity contribution in [1.29, 1.82) is 0 Å². The number of urea groups is 1. The van der Waals surface area contributed by atoms with Gasteiger partial charge in [-0.25, -0.2) is 14.2 Å². The van der Waals surface area contributed by atoms with Crippen molar-refractivity contribution in [1.82, 2.24) is 24.7 Å². The van der Waals surface area contributed by atoms with Crippen molar-refractivity contribution in [3.8, 4) is 0 Å². The number of fused-ring (bicyclic) bond motifs is 1. The molecule has 0 radical (unpaired) electrons. The van der Waals surface area contributed by atoms with Crippen molar-refractivity contribution >= 4 is 35.6 Å². The highest BCUT2D eigenvalue weighted by atomic mass is 35.5. The number of hydrogen-bond acceptors (Lipinski definition) is 5. The summed E-state index contributed by atoms with van der Waals surface area (Å²) in [7, 11) is 0. The summed E-state index contributed by atoms with van der Waals surface area (Å²) in [4.78, 5) is 55.0. The second-order valence-electron chi connectivity index (χ2n) is 10.8. The number of carbonyl (C=O) groups is 4. The molecule has 10 nitrogen and oxygen atoms in total. The van der Waals surface area contributed by atoms with Crippen LogP contribution in [-0.4, -0.2) is 80.1 Å². The minimum atomic E-state index is -1.10. The lowest BCUT2D eigenvalue weighted by Gasteiger charge is -2.53. The summed E-state index contributed by atoms with van der Waals surface area (Å²) in [6, 6.07) is 23.8. The van der Waals surface area contributed by atoms with E-state index in [4.69, 9.17) is 11.8 Å².